The number of thiophene rings is 1. The van der Waals surface area contributed by atoms with Gasteiger partial charge in [0.2, 0.25) is 0 Å². The van der Waals surface area contributed by atoms with Crippen LogP contribution < -0.4 is 0 Å². The van der Waals surface area contributed by atoms with Gasteiger partial charge >= 0.3 is 0 Å². The third-order valence-electron chi connectivity index (χ3n) is 4.30. The molecule has 1 nitrogen and oxygen atoms in total. The summed E-state index contributed by atoms with van der Waals surface area (Å²) in [6.07, 6.45) is 5.30. The molecule has 3 unspecified atom stereocenters. The summed E-state index contributed by atoms with van der Waals surface area (Å²) in [6.45, 7) is 2.12. The van der Waals surface area contributed by atoms with Crippen LogP contribution in [0.4, 0.5) is 0 Å². The van der Waals surface area contributed by atoms with E-state index < -0.39 is 0 Å². The van der Waals surface area contributed by atoms with Crippen molar-refractivity contribution in [3.63, 3.8) is 0 Å². The van der Waals surface area contributed by atoms with Gasteiger partial charge in [0, 0.05) is 4.88 Å². The van der Waals surface area contributed by atoms with Gasteiger partial charge in [-0.15, -0.1) is 11.3 Å². The van der Waals surface area contributed by atoms with Crippen LogP contribution in [-0.4, -0.2) is 5.11 Å². The zero-order valence-electron chi connectivity index (χ0n) is 9.15. The van der Waals surface area contributed by atoms with Crippen LogP contribution in [0.5, 0.6) is 0 Å². The topological polar surface area (TPSA) is 20.2 Å². The molecule has 0 spiro atoms. The summed E-state index contributed by atoms with van der Waals surface area (Å²) in [7, 11) is 0. The summed E-state index contributed by atoms with van der Waals surface area (Å²) >= 11 is 1.75. The molecule has 2 aliphatic carbocycles. The molecule has 3 rings (SSSR count). The molecule has 0 amide bonds. The lowest BCUT2D eigenvalue weighted by atomic mass is 10.0. The lowest BCUT2D eigenvalue weighted by Crippen LogP contribution is -2.02. The van der Waals surface area contributed by atoms with Gasteiger partial charge in [-0.2, -0.15) is 0 Å². The first-order valence-electron chi connectivity index (χ1n) is 6.01. The van der Waals surface area contributed by atoms with Crippen molar-refractivity contribution in [3.05, 3.63) is 21.9 Å². The number of aryl methyl sites for hydroxylation is 1. The van der Waals surface area contributed by atoms with Gasteiger partial charge in [-0.05, 0) is 54.5 Å². The molecule has 0 aromatic carbocycles. The predicted molar refractivity (Wildman–Crippen MR) is 63.0 cm³/mol. The standard InChI is InChI=1S/C13H18OS/c1-8-9(6-7-15-8)13(14)12-10-4-2-3-5-11(10)12/h6-7,10-14H,2-5H2,1H3. The van der Waals surface area contributed by atoms with Crippen molar-refractivity contribution in [2.24, 2.45) is 17.8 Å². The lowest BCUT2D eigenvalue weighted by Gasteiger charge is -2.09. The average molecular weight is 222 g/mol. The maximum Gasteiger partial charge on any atom is 0.0834 e. The van der Waals surface area contributed by atoms with Gasteiger partial charge in [0.1, 0.15) is 0 Å². The Morgan fingerprint density at radius 3 is 2.53 bits per heavy atom. The zero-order valence-corrected chi connectivity index (χ0v) is 9.96. The molecule has 2 heteroatoms. The molecule has 2 fully saturated rings. The van der Waals surface area contributed by atoms with Crippen LogP contribution in [0.2, 0.25) is 0 Å². The first-order chi connectivity index (χ1) is 7.29. The maximum absolute atomic E-state index is 10.4. The highest BCUT2D eigenvalue weighted by Crippen LogP contribution is 2.60. The number of hydrogen-bond donors (Lipinski definition) is 1. The molecule has 0 aliphatic heterocycles. The molecule has 1 aromatic heterocycles. The fraction of sp³-hybridized carbons (Fsp3) is 0.692. The van der Waals surface area contributed by atoms with Crippen molar-refractivity contribution in [3.8, 4) is 0 Å². The van der Waals surface area contributed by atoms with Crippen molar-refractivity contribution in [1.29, 1.82) is 0 Å². The molecule has 2 aliphatic rings. The molecule has 1 aromatic rings. The summed E-state index contributed by atoms with van der Waals surface area (Å²) in [4.78, 5) is 1.30. The Kier molecular flexibility index (Phi) is 2.37. The molecule has 82 valence electrons. The van der Waals surface area contributed by atoms with E-state index in [-0.39, 0.29) is 6.10 Å². The van der Waals surface area contributed by atoms with Crippen molar-refractivity contribution >= 4 is 11.3 Å². The van der Waals surface area contributed by atoms with E-state index in [4.69, 9.17) is 0 Å². The summed E-state index contributed by atoms with van der Waals surface area (Å²) in [5.41, 5.74) is 1.19. The molecular weight excluding hydrogens is 204 g/mol. The van der Waals surface area contributed by atoms with Crippen LogP contribution in [0.3, 0.4) is 0 Å². The lowest BCUT2D eigenvalue weighted by molar-refractivity contribution is 0.142. The van der Waals surface area contributed by atoms with Crippen molar-refractivity contribution in [2.75, 3.05) is 0 Å². The molecule has 1 heterocycles. The number of rotatable bonds is 2. The third-order valence-corrected chi connectivity index (χ3v) is 5.17. The molecule has 0 radical (unpaired) electrons. The van der Waals surface area contributed by atoms with Crippen LogP contribution >= 0.6 is 11.3 Å². The Morgan fingerprint density at radius 1 is 1.33 bits per heavy atom. The van der Waals surface area contributed by atoms with Gasteiger partial charge in [-0.1, -0.05) is 12.8 Å². The highest BCUT2D eigenvalue weighted by molar-refractivity contribution is 7.10. The first-order valence-corrected chi connectivity index (χ1v) is 6.89. The van der Waals surface area contributed by atoms with E-state index in [1.807, 2.05) is 0 Å². The largest absolute Gasteiger partial charge is 0.388 e. The van der Waals surface area contributed by atoms with Crippen molar-refractivity contribution < 1.29 is 5.11 Å². The Labute approximate surface area is 95.1 Å². The Balaban J connectivity index is 1.76. The molecule has 0 bridgehead atoms. The van der Waals surface area contributed by atoms with E-state index in [0.717, 1.165) is 11.8 Å². The molecular formula is C13H18OS. The fourth-order valence-electron chi connectivity index (χ4n) is 3.43. The Hall–Kier alpha value is -0.340. The second-order valence-corrected chi connectivity index (χ2v) is 6.19. The van der Waals surface area contributed by atoms with Crippen molar-refractivity contribution in [1.82, 2.24) is 0 Å². The van der Waals surface area contributed by atoms with E-state index in [9.17, 15) is 5.11 Å². The monoisotopic (exact) mass is 222 g/mol. The zero-order chi connectivity index (χ0) is 10.4. The number of aliphatic hydroxyl groups excluding tert-OH is 1. The minimum Gasteiger partial charge on any atom is -0.388 e. The van der Waals surface area contributed by atoms with E-state index in [0.29, 0.717) is 5.92 Å². The van der Waals surface area contributed by atoms with E-state index in [1.54, 1.807) is 11.3 Å². The van der Waals surface area contributed by atoms with E-state index in [1.165, 1.54) is 36.1 Å². The molecule has 2 saturated carbocycles. The molecule has 15 heavy (non-hydrogen) atoms. The van der Waals surface area contributed by atoms with E-state index in [2.05, 4.69) is 18.4 Å². The quantitative estimate of drug-likeness (QED) is 0.811. The van der Waals surface area contributed by atoms with Crippen molar-refractivity contribution in [2.45, 2.75) is 38.7 Å². The van der Waals surface area contributed by atoms with Gasteiger partial charge in [-0.3, -0.25) is 0 Å². The molecule has 0 saturated heterocycles. The number of fused-ring (bicyclic) bond motifs is 1. The van der Waals surface area contributed by atoms with Crippen LogP contribution in [0.1, 0.15) is 42.2 Å². The highest BCUT2D eigenvalue weighted by atomic mass is 32.1. The van der Waals surface area contributed by atoms with Crippen LogP contribution in [0, 0.1) is 24.7 Å². The maximum atomic E-state index is 10.4. The fourth-order valence-corrected chi connectivity index (χ4v) is 4.17. The number of aliphatic hydroxyl groups is 1. The SMILES string of the molecule is Cc1sccc1C(O)C1C2CCCCC21. The summed E-state index contributed by atoms with van der Waals surface area (Å²) in [6, 6.07) is 2.11. The Bertz CT molecular complexity index is 345. The van der Waals surface area contributed by atoms with Crippen LogP contribution in [-0.2, 0) is 0 Å². The average Bonchev–Trinajstić information content (AvgIpc) is 2.83. The normalized spacial score (nSPS) is 36.0. The van der Waals surface area contributed by atoms with Gasteiger partial charge in [0.05, 0.1) is 6.10 Å². The van der Waals surface area contributed by atoms with Gasteiger partial charge < -0.3 is 5.11 Å². The van der Waals surface area contributed by atoms with Gasteiger partial charge in [0.25, 0.3) is 0 Å². The summed E-state index contributed by atoms with van der Waals surface area (Å²) in [5, 5.41) is 12.5. The number of hydrogen-bond acceptors (Lipinski definition) is 2. The van der Waals surface area contributed by atoms with Gasteiger partial charge in [0.15, 0.2) is 0 Å². The van der Waals surface area contributed by atoms with Crippen LogP contribution in [0.25, 0.3) is 0 Å². The molecule has 3 atom stereocenters. The van der Waals surface area contributed by atoms with Gasteiger partial charge in [-0.25, -0.2) is 0 Å². The minimum absolute atomic E-state index is 0.177. The van der Waals surface area contributed by atoms with Crippen LogP contribution in [0.15, 0.2) is 11.4 Å². The summed E-state index contributed by atoms with van der Waals surface area (Å²) < 4.78 is 0. The van der Waals surface area contributed by atoms with E-state index >= 15 is 0 Å². The predicted octanol–water partition coefficient (Wildman–Crippen LogP) is 3.53. The third kappa shape index (κ3) is 1.55. The second kappa shape index (κ2) is 3.60. The smallest absolute Gasteiger partial charge is 0.0834 e. The summed E-state index contributed by atoms with van der Waals surface area (Å²) in [5.74, 6) is 2.27. The Morgan fingerprint density at radius 2 is 2.00 bits per heavy atom. The highest BCUT2D eigenvalue weighted by Gasteiger charge is 2.54. The second-order valence-electron chi connectivity index (χ2n) is 5.07. The first kappa shape index (κ1) is 9.86. The minimum atomic E-state index is -0.177. The molecule has 1 N–H and O–H groups in total.